The lowest BCUT2D eigenvalue weighted by Gasteiger charge is -2.31. The second kappa shape index (κ2) is 8.24. The molecule has 4 rings (SSSR count). The summed E-state index contributed by atoms with van der Waals surface area (Å²) in [6, 6.07) is 22.8. The van der Waals surface area contributed by atoms with Crippen molar-refractivity contribution in [2.24, 2.45) is 5.92 Å². The van der Waals surface area contributed by atoms with Crippen LogP contribution in [0.1, 0.15) is 18.4 Å². The molecule has 3 aromatic carbocycles. The summed E-state index contributed by atoms with van der Waals surface area (Å²) < 4.78 is 0.977. The Morgan fingerprint density at radius 2 is 1.74 bits per heavy atom. The maximum Gasteiger partial charge on any atom is 0.227 e. The molecule has 0 aromatic heterocycles. The third kappa shape index (κ3) is 4.40. The molecule has 0 unspecified atom stereocenters. The topological polar surface area (TPSA) is 32.3 Å². The molecule has 4 heteroatoms. The molecule has 1 saturated heterocycles. The number of likely N-dealkylation sites (tertiary alicyclic amines) is 1. The fourth-order valence-corrected chi connectivity index (χ4v) is 4.23. The van der Waals surface area contributed by atoms with Crippen molar-refractivity contribution in [2.75, 3.05) is 18.4 Å². The van der Waals surface area contributed by atoms with E-state index in [-0.39, 0.29) is 11.8 Å². The Kier molecular flexibility index (Phi) is 5.55. The minimum absolute atomic E-state index is 0.0905. The van der Waals surface area contributed by atoms with Gasteiger partial charge in [0.1, 0.15) is 0 Å². The summed E-state index contributed by atoms with van der Waals surface area (Å²) >= 11 is 3.45. The summed E-state index contributed by atoms with van der Waals surface area (Å²) in [4.78, 5) is 15.0. The number of nitrogens with one attached hydrogen (secondary N) is 1. The summed E-state index contributed by atoms with van der Waals surface area (Å²) in [7, 11) is 0. The average molecular weight is 423 g/mol. The standard InChI is InChI=1S/C23H23BrN2O/c24-20-8-4-9-21(15-20)25-23(27)18-11-13-26(14-12-18)16-19-7-3-6-17-5-1-2-10-22(17)19/h1-10,15,18H,11-14,16H2,(H,25,27). The Balaban J connectivity index is 1.35. The molecule has 0 bridgehead atoms. The molecule has 0 spiro atoms. The highest BCUT2D eigenvalue weighted by Gasteiger charge is 2.25. The first-order valence-corrected chi connectivity index (χ1v) is 10.2. The highest BCUT2D eigenvalue weighted by atomic mass is 79.9. The van der Waals surface area contributed by atoms with E-state index < -0.39 is 0 Å². The number of halogens is 1. The molecule has 0 radical (unpaired) electrons. The van der Waals surface area contributed by atoms with Crippen LogP contribution >= 0.6 is 15.9 Å². The predicted molar refractivity (Wildman–Crippen MR) is 115 cm³/mol. The van der Waals surface area contributed by atoms with E-state index in [1.807, 2.05) is 24.3 Å². The van der Waals surface area contributed by atoms with Gasteiger partial charge in [-0.05, 0) is 60.5 Å². The van der Waals surface area contributed by atoms with Crippen LogP contribution < -0.4 is 5.32 Å². The minimum Gasteiger partial charge on any atom is -0.326 e. The molecular weight excluding hydrogens is 400 g/mol. The summed E-state index contributed by atoms with van der Waals surface area (Å²) in [6.07, 6.45) is 1.81. The normalized spacial score (nSPS) is 15.7. The van der Waals surface area contributed by atoms with Crippen LogP contribution in [0.4, 0.5) is 5.69 Å². The monoisotopic (exact) mass is 422 g/mol. The van der Waals surface area contributed by atoms with Gasteiger partial charge in [-0.2, -0.15) is 0 Å². The quantitative estimate of drug-likeness (QED) is 0.605. The lowest BCUT2D eigenvalue weighted by molar-refractivity contribution is -0.121. The van der Waals surface area contributed by atoms with Crippen LogP contribution in [0.25, 0.3) is 10.8 Å². The van der Waals surface area contributed by atoms with Crippen LogP contribution in [0.2, 0.25) is 0 Å². The Morgan fingerprint density at radius 3 is 2.56 bits per heavy atom. The number of hydrogen-bond acceptors (Lipinski definition) is 2. The van der Waals surface area contributed by atoms with E-state index in [2.05, 4.69) is 68.6 Å². The van der Waals surface area contributed by atoms with E-state index in [0.717, 1.165) is 42.6 Å². The molecular formula is C23H23BrN2O. The van der Waals surface area contributed by atoms with Gasteiger partial charge in [0.2, 0.25) is 5.91 Å². The Hall–Kier alpha value is -2.17. The highest BCUT2D eigenvalue weighted by molar-refractivity contribution is 9.10. The van der Waals surface area contributed by atoms with Gasteiger partial charge >= 0.3 is 0 Å². The Labute approximate surface area is 168 Å². The zero-order valence-corrected chi connectivity index (χ0v) is 16.8. The van der Waals surface area contributed by atoms with Gasteiger partial charge in [-0.1, -0.05) is 64.5 Å². The highest BCUT2D eigenvalue weighted by Crippen LogP contribution is 2.25. The van der Waals surface area contributed by atoms with Crippen molar-refractivity contribution < 1.29 is 4.79 Å². The second-order valence-corrected chi connectivity index (χ2v) is 8.10. The number of nitrogens with zero attached hydrogens (tertiary/aromatic N) is 1. The summed E-state index contributed by atoms with van der Waals surface area (Å²) in [5.41, 5.74) is 2.22. The Morgan fingerprint density at radius 1 is 1.00 bits per heavy atom. The van der Waals surface area contributed by atoms with Crippen LogP contribution in [0.15, 0.2) is 71.2 Å². The number of anilines is 1. The summed E-state index contributed by atoms with van der Waals surface area (Å²) in [5.74, 6) is 0.227. The number of benzene rings is 3. The van der Waals surface area contributed by atoms with E-state index >= 15 is 0 Å². The van der Waals surface area contributed by atoms with Crippen LogP contribution in [-0.2, 0) is 11.3 Å². The number of hydrogen-bond donors (Lipinski definition) is 1. The molecule has 0 aliphatic carbocycles. The van der Waals surface area contributed by atoms with E-state index in [4.69, 9.17) is 0 Å². The number of rotatable bonds is 4. The summed E-state index contributed by atoms with van der Waals surface area (Å²) in [5, 5.41) is 5.67. The molecule has 1 N–H and O–H groups in total. The molecule has 1 amide bonds. The van der Waals surface area contributed by atoms with Gasteiger partial charge in [-0.3, -0.25) is 9.69 Å². The van der Waals surface area contributed by atoms with E-state index in [1.54, 1.807) is 0 Å². The largest absolute Gasteiger partial charge is 0.326 e. The van der Waals surface area contributed by atoms with Gasteiger partial charge in [-0.15, -0.1) is 0 Å². The van der Waals surface area contributed by atoms with Gasteiger partial charge in [0.05, 0.1) is 0 Å². The molecule has 1 fully saturated rings. The smallest absolute Gasteiger partial charge is 0.227 e. The molecule has 27 heavy (non-hydrogen) atoms. The third-order valence-corrected chi connectivity index (χ3v) is 5.82. The number of carbonyl (C=O) groups excluding carboxylic acids is 1. The first-order valence-electron chi connectivity index (χ1n) is 9.44. The third-order valence-electron chi connectivity index (χ3n) is 5.32. The van der Waals surface area contributed by atoms with E-state index in [0.29, 0.717) is 0 Å². The van der Waals surface area contributed by atoms with Gasteiger partial charge in [0.15, 0.2) is 0 Å². The van der Waals surface area contributed by atoms with Crippen molar-refractivity contribution in [2.45, 2.75) is 19.4 Å². The fraction of sp³-hybridized carbons (Fsp3) is 0.261. The van der Waals surface area contributed by atoms with Crippen molar-refractivity contribution in [3.05, 3.63) is 76.8 Å². The molecule has 0 saturated carbocycles. The average Bonchev–Trinajstić information content (AvgIpc) is 2.69. The van der Waals surface area contributed by atoms with Crippen molar-refractivity contribution >= 4 is 38.3 Å². The Bertz CT molecular complexity index is 943. The zero-order valence-electron chi connectivity index (χ0n) is 15.2. The fourth-order valence-electron chi connectivity index (χ4n) is 3.84. The first kappa shape index (κ1) is 18.2. The first-order chi connectivity index (χ1) is 13.2. The van der Waals surface area contributed by atoms with Crippen LogP contribution in [-0.4, -0.2) is 23.9 Å². The van der Waals surface area contributed by atoms with Crippen molar-refractivity contribution in [3.63, 3.8) is 0 Å². The second-order valence-electron chi connectivity index (χ2n) is 7.19. The number of piperidine rings is 1. The minimum atomic E-state index is 0.0905. The predicted octanol–water partition coefficient (Wildman–Crippen LogP) is 5.45. The lowest BCUT2D eigenvalue weighted by Crippen LogP contribution is -2.37. The molecule has 138 valence electrons. The number of carbonyl (C=O) groups is 1. The van der Waals surface area contributed by atoms with Crippen LogP contribution in [0.5, 0.6) is 0 Å². The number of amides is 1. The van der Waals surface area contributed by atoms with Crippen molar-refractivity contribution in [3.8, 4) is 0 Å². The summed E-state index contributed by atoms with van der Waals surface area (Å²) in [6.45, 7) is 2.86. The molecule has 3 aromatic rings. The van der Waals surface area contributed by atoms with Gasteiger partial charge in [0, 0.05) is 22.6 Å². The van der Waals surface area contributed by atoms with E-state index in [9.17, 15) is 4.79 Å². The molecule has 3 nitrogen and oxygen atoms in total. The van der Waals surface area contributed by atoms with Gasteiger partial charge in [-0.25, -0.2) is 0 Å². The van der Waals surface area contributed by atoms with E-state index in [1.165, 1.54) is 16.3 Å². The molecule has 0 atom stereocenters. The van der Waals surface area contributed by atoms with Gasteiger partial charge < -0.3 is 5.32 Å². The van der Waals surface area contributed by atoms with Crippen LogP contribution in [0, 0.1) is 5.92 Å². The molecule has 1 aliphatic rings. The number of fused-ring (bicyclic) bond motifs is 1. The van der Waals surface area contributed by atoms with Crippen molar-refractivity contribution in [1.29, 1.82) is 0 Å². The SMILES string of the molecule is O=C(Nc1cccc(Br)c1)C1CCN(Cc2cccc3ccccc23)CC1. The lowest BCUT2D eigenvalue weighted by atomic mass is 9.95. The van der Waals surface area contributed by atoms with Crippen LogP contribution in [0.3, 0.4) is 0 Å². The van der Waals surface area contributed by atoms with Gasteiger partial charge in [0.25, 0.3) is 0 Å². The maximum atomic E-state index is 12.6. The zero-order chi connectivity index (χ0) is 18.6. The maximum absolute atomic E-state index is 12.6. The molecule has 1 heterocycles. The molecule has 1 aliphatic heterocycles. The van der Waals surface area contributed by atoms with Crippen molar-refractivity contribution in [1.82, 2.24) is 4.90 Å².